The highest BCUT2D eigenvalue weighted by Crippen LogP contribution is 2.43. The van der Waals surface area contributed by atoms with E-state index < -0.39 is 34.6 Å². The minimum Gasteiger partial charge on any atom is -0.462 e. The minimum absolute atomic E-state index is 0.109. The maximum atomic E-state index is 13.1. The third kappa shape index (κ3) is 9.40. The van der Waals surface area contributed by atoms with Crippen LogP contribution in [0.15, 0.2) is 46.9 Å². The van der Waals surface area contributed by atoms with Gasteiger partial charge >= 0.3 is 12.3 Å². The largest absolute Gasteiger partial charge is 0.573 e. The number of hydrogen-bond donors (Lipinski definition) is 1. The number of nitro groups is 1. The van der Waals surface area contributed by atoms with E-state index in [-0.39, 0.29) is 29.1 Å². The quantitative estimate of drug-likeness (QED) is 0.110. The number of dihydropyridines is 1. The van der Waals surface area contributed by atoms with Crippen LogP contribution in [0.25, 0.3) is 0 Å². The predicted molar refractivity (Wildman–Crippen MR) is 134 cm³/mol. The zero-order valence-corrected chi connectivity index (χ0v) is 21.8. The maximum Gasteiger partial charge on any atom is 0.573 e. The van der Waals surface area contributed by atoms with Crippen LogP contribution in [0.5, 0.6) is 5.75 Å². The topological polar surface area (TPSA) is 90.7 Å². The Bertz CT molecular complexity index is 988. The Morgan fingerprint density at radius 3 is 2.11 bits per heavy atom. The Hall–Kier alpha value is -3.04. The van der Waals surface area contributed by atoms with Crippen molar-refractivity contribution in [3.05, 3.63) is 62.6 Å². The number of esters is 1. The van der Waals surface area contributed by atoms with E-state index in [9.17, 15) is 28.1 Å². The molecule has 10 heteroatoms. The summed E-state index contributed by atoms with van der Waals surface area (Å²) in [6, 6.07) is 5.12. The zero-order chi connectivity index (χ0) is 27.4. The normalized spacial score (nSPS) is 16.0. The molecule has 1 unspecified atom stereocenters. The van der Waals surface area contributed by atoms with E-state index in [1.165, 1.54) is 70.6 Å². The molecule has 1 atom stereocenters. The van der Waals surface area contributed by atoms with Gasteiger partial charge in [-0.3, -0.25) is 10.1 Å². The van der Waals surface area contributed by atoms with Crippen LogP contribution in [0.4, 0.5) is 13.2 Å². The smallest absolute Gasteiger partial charge is 0.462 e. The number of allylic oxidation sites excluding steroid dienone is 3. The second-order valence-corrected chi connectivity index (χ2v) is 9.27. The molecule has 7 nitrogen and oxygen atoms in total. The minimum atomic E-state index is -5.01. The van der Waals surface area contributed by atoms with E-state index in [0.717, 1.165) is 25.3 Å². The predicted octanol–water partition coefficient (Wildman–Crippen LogP) is 7.52. The number of rotatable bonds is 15. The lowest BCUT2D eigenvalue weighted by Crippen LogP contribution is -2.32. The highest BCUT2D eigenvalue weighted by Gasteiger charge is 2.43. The summed E-state index contributed by atoms with van der Waals surface area (Å²) >= 11 is 0. The molecule has 0 spiro atoms. The first-order valence-electron chi connectivity index (χ1n) is 12.9. The van der Waals surface area contributed by atoms with Gasteiger partial charge in [-0.05, 0) is 26.3 Å². The number of carbonyl (C=O) groups excluding carboxylic acids is 1. The van der Waals surface area contributed by atoms with Crippen molar-refractivity contribution in [2.45, 2.75) is 97.3 Å². The van der Waals surface area contributed by atoms with Crippen molar-refractivity contribution in [1.29, 1.82) is 0 Å². The number of alkyl halides is 3. The third-order valence-corrected chi connectivity index (χ3v) is 6.33. The van der Waals surface area contributed by atoms with Crippen molar-refractivity contribution >= 4 is 5.97 Å². The molecule has 1 heterocycles. The molecule has 2 rings (SSSR count). The second-order valence-electron chi connectivity index (χ2n) is 9.27. The molecule has 0 bridgehead atoms. The number of unbranched alkanes of at least 4 members (excludes halogenated alkanes) is 9. The summed E-state index contributed by atoms with van der Waals surface area (Å²) in [5, 5.41) is 14.8. The summed E-state index contributed by atoms with van der Waals surface area (Å²) < 4.78 is 48.7. The number of halogens is 3. The summed E-state index contributed by atoms with van der Waals surface area (Å²) in [6.45, 7) is 5.29. The fourth-order valence-electron chi connectivity index (χ4n) is 4.57. The molecule has 0 saturated carbocycles. The van der Waals surface area contributed by atoms with Gasteiger partial charge < -0.3 is 14.8 Å². The number of benzene rings is 1. The molecule has 0 amide bonds. The van der Waals surface area contributed by atoms with Gasteiger partial charge in [0.25, 0.3) is 5.70 Å². The lowest BCUT2D eigenvalue weighted by molar-refractivity contribution is -0.431. The number of hydrogen-bond acceptors (Lipinski definition) is 6. The summed E-state index contributed by atoms with van der Waals surface area (Å²) in [5.74, 6) is -2.81. The highest BCUT2D eigenvalue weighted by molar-refractivity contribution is 5.92. The van der Waals surface area contributed by atoms with E-state index in [4.69, 9.17) is 4.74 Å². The molecule has 1 aliphatic rings. The lowest BCUT2D eigenvalue weighted by atomic mass is 9.83. The van der Waals surface area contributed by atoms with Gasteiger partial charge in [0.15, 0.2) is 0 Å². The van der Waals surface area contributed by atoms with E-state index in [1.807, 2.05) is 0 Å². The molecular weight excluding hydrogens is 489 g/mol. The van der Waals surface area contributed by atoms with Crippen LogP contribution in [0.1, 0.15) is 96.5 Å². The van der Waals surface area contributed by atoms with Crippen molar-refractivity contribution in [1.82, 2.24) is 5.32 Å². The van der Waals surface area contributed by atoms with Gasteiger partial charge in [0.1, 0.15) is 11.7 Å². The monoisotopic (exact) mass is 526 g/mol. The van der Waals surface area contributed by atoms with Crippen LogP contribution in [0.3, 0.4) is 0 Å². The van der Waals surface area contributed by atoms with Gasteiger partial charge in [-0.1, -0.05) is 82.9 Å². The molecule has 206 valence electrons. The van der Waals surface area contributed by atoms with Crippen molar-refractivity contribution in [2.75, 3.05) is 6.61 Å². The molecule has 1 aliphatic heterocycles. The number of nitrogens with zero attached hydrogens (tertiary/aromatic N) is 1. The van der Waals surface area contributed by atoms with Gasteiger partial charge in [-0.25, -0.2) is 4.79 Å². The Kier molecular flexibility index (Phi) is 11.9. The SMILES string of the molecule is CCCCCCCCCCCCOC(=O)C1=C(C)NC(C)=C([N+](=O)[O-])C1c1ccccc1OC(F)(F)F. The first-order valence-corrected chi connectivity index (χ1v) is 12.9. The van der Waals surface area contributed by atoms with Crippen LogP contribution in [0.2, 0.25) is 0 Å². The molecule has 0 aromatic heterocycles. The Morgan fingerprint density at radius 1 is 0.973 bits per heavy atom. The van der Waals surface area contributed by atoms with Gasteiger partial charge in [0, 0.05) is 11.3 Å². The number of nitrogens with one attached hydrogen (secondary N) is 1. The number of para-hydroxylation sites is 1. The van der Waals surface area contributed by atoms with Crippen molar-refractivity contribution in [2.24, 2.45) is 0 Å². The standard InChI is InChI=1S/C27H37F3N2O5/c1-4-5-6-7-8-9-10-11-12-15-18-36-26(33)23-19(2)31-20(3)25(32(34)35)24(23)21-16-13-14-17-22(21)37-27(28,29)30/h13-14,16-17,24,31H,4-12,15,18H2,1-3H3. The van der Waals surface area contributed by atoms with Gasteiger partial charge in [-0.2, -0.15) is 0 Å². The Balaban J connectivity index is 2.09. The second kappa shape index (κ2) is 14.6. The third-order valence-electron chi connectivity index (χ3n) is 6.33. The Labute approximate surface area is 216 Å². The van der Waals surface area contributed by atoms with Crippen LogP contribution in [-0.2, 0) is 9.53 Å². The molecule has 0 radical (unpaired) electrons. The van der Waals surface area contributed by atoms with Crippen molar-refractivity contribution in [3.63, 3.8) is 0 Å². The molecule has 1 aromatic rings. The highest BCUT2D eigenvalue weighted by atomic mass is 19.4. The van der Waals surface area contributed by atoms with Crippen molar-refractivity contribution < 1.29 is 32.4 Å². The number of carbonyl (C=O) groups is 1. The van der Waals surface area contributed by atoms with Crippen LogP contribution < -0.4 is 10.1 Å². The van der Waals surface area contributed by atoms with E-state index in [1.54, 1.807) is 0 Å². The first kappa shape index (κ1) is 30.2. The van der Waals surface area contributed by atoms with E-state index >= 15 is 0 Å². The zero-order valence-electron chi connectivity index (χ0n) is 21.8. The van der Waals surface area contributed by atoms with Crippen molar-refractivity contribution in [3.8, 4) is 5.75 Å². The molecule has 0 aliphatic carbocycles. The average Bonchev–Trinajstić information content (AvgIpc) is 2.81. The fraction of sp³-hybridized carbons (Fsp3) is 0.593. The van der Waals surface area contributed by atoms with Gasteiger partial charge in [0.2, 0.25) is 0 Å². The average molecular weight is 527 g/mol. The number of ether oxygens (including phenoxy) is 2. The lowest BCUT2D eigenvalue weighted by Gasteiger charge is -2.27. The maximum absolute atomic E-state index is 13.1. The molecule has 1 N–H and O–H groups in total. The molecule has 37 heavy (non-hydrogen) atoms. The molecule has 0 fully saturated rings. The van der Waals surface area contributed by atoms with Crippen LogP contribution in [-0.4, -0.2) is 23.9 Å². The fourth-order valence-corrected chi connectivity index (χ4v) is 4.57. The first-order chi connectivity index (χ1) is 17.6. The molecular formula is C27H37F3N2O5. The summed E-state index contributed by atoms with van der Waals surface area (Å²) in [4.78, 5) is 24.3. The Morgan fingerprint density at radius 2 is 1.54 bits per heavy atom. The summed E-state index contributed by atoms with van der Waals surface area (Å²) in [5.41, 5.74) is -0.279. The van der Waals surface area contributed by atoms with Gasteiger partial charge in [0.05, 0.1) is 22.8 Å². The van der Waals surface area contributed by atoms with Crippen LogP contribution >= 0.6 is 0 Å². The van der Waals surface area contributed by atoms with Gasteiger partial charge in [-0.15, -0.1) is 13.2 Å². The van der Waals surface area contributed by atoms with Crippen LogP contribution in [0, 0.1) is 10.1 Å². The molecule has 1 aromatic carbocycles. The molecule has 0 saturated heterocycles. The summed E-state index contributed by atoms with van der Waals surface area (Å²) in [6.07, 6.45) is 6.07. The van der Waals surface area contributed by atoms with E-state index in [2.05, 4.69) is 17.0 Å². The summed E-state index contributed by atoms with van der Waals surface area (Å²) in [7, 11) is 0. The van der Waals surface area contributed by atoms with E-state index in [0.29, 0.717) is 6.42 Å².